The average molecular weight is 370 g/mol. The average Bonchev–Trinajstić information content (AvgIpc) is 2.85. The summed E-state index contributed by atoms with van der Waals surface area (Å²) < 4.78 is 43.4. The maximum absolute atomic E-state index is 12.6. The van der Waals surface area contributed by atoms with Crippen molar-refractivity contribution >= 4 is 11.7 Å². The molecule has 1 unspecified atom stereocenters. The lowest BCUT2D eigenvalue weighted by atomic mass is 9.89. The molecule has 2 saturated heterocycles. The molecule has 26 heavy (non-hydrogen) atoms. The van der Waals surface area contributed by atoms with Crippen LogP contribution in [0.4, 0.5) is 18.9 Å². The number of alkyl halides is 3. The van der Waals surface area contributed by atoms with Crippen molar-refractivity contribution in [2.45, 2.75) is 39.0 Å². The number of benzene rings is 1. The molecule has 0 saturated carbocycles. The van der Waals surface area contributed by atoms with Crippen molar-refractivity contribution in [3.8, 4) is 0 Å². The molecule has 2 heterocycles. The van der Waals surface area contributed by atoms with Crippen LogP contribution in [0.25, 0.3) is 0 Å². The van der Waals surface area contributed by atoms with Gasteiger partial charge in [-0.3, -0.25) is 9.69 Å². The van der Waals surface area contributed by atoms with Crippen LogP contribution in [0.1, 0.15) is 32.3 Å². The highest BCUT2D eigenvalue weighted by atomic mass is 19.4. The molecule has 144 valence electrons. The highest BCUT2D eigenvalue weighted by molar-refractivity contribution is 5.78. The predicted octanol–water partition coefficient (Wildman–Crippen LogP) is 3.56. The molecule has 4 nitrogen and oxygen atoms in total. The zero-order valence-electron chi connectivity index (χ0n) is 15.2. The van der Waals surface area contributed by atoms with Crippen LogP contribution >= 0.6 is 0 Å². The maximum Gasteiger partial charge on any atom is 0.416 e. The third-order valence-electron chi connectivity index (χ3n) is 5.26. The fourth-order valence-corrected chi connectivity index (χ4v) is 3.58. The van der Waals surface area contributed by atoms with Gasteiger partial charge in [0.25, 0.3) is 0 Å². The van der Waals surface area contributed by atoms with Gasteiger partial charge in [0.15, 0.2) is 0 Å². The summed E-state index contributed by atoms with van der Waals surface area (Å²) in [7, 11) is 0. The van der Waals surface area contributed by atoms with E-state index in [9.17, 15) is 18.0 Å². The van der Waals surface area contributed by atoms with Gasteiger partial charge >= 0.3 is 12.1 Å². The fourth-order valence-electron chi connectivity index (χ4n) is 3.58. The first kappa shape index (κ1) is 19.0. The number of anilines is 1. The molecule has 0 aromatic heterocycles. The Bertz CT molecular complexity index is 635. The number of rotatable bonds is 4. The van der Waals surface area contributed by atoms with E-state index in [0.29, 0.717) is 0 Å². The number of cyclic esters (lactones) is 1. The molecular formula is C19H25F3N2O2. The van der Waals surface area contributed by atoms with Crippen LogP contribution in [-0.2, 0) is 15.7 Å². The lowest BCUT2D eigenvalue weighted by Crippen LogP contribution is -2.47. The normalized spacial score (nSPS) is 24.0. The van der Waals surface area contributed by atoms with Crippen LogP contribution in [-0.4, -0.2) is 49.7 Å². The number of nitrogens with zero attached hydrogens (tertiary/aromatic N) is 2. The standard InChI is InChI=1S/C19H25F3N2O2/c1-18(2)13-16(26-17(18)25)7-8-23-9-11-24(12-10-23)15-5-3-14(4-6-15)19(20,21)22/h3-6,16H,7-13H2,1-2H3. The molecule has 2 fully saturated rings. The monoisotopic (exact) mass is 370 g/mol. The highest BCUT2D eigenvalue weighted by Crippen LogP contribution is 2.34. The largest absolute Gasteiger partial charge is 0.462 e. The topological polar surface area (TPSA) is 32.8 Å². The van der Waals surface area contributed by atoms with Gasteiger partial charge in [-0.1, -0.05) is 0 Å². The van der Waals surface area contributed by atoms with Gasteiger partial charge in [0, 0.05) is 38.4 Å². The third-order valence-corrected chi connectivity index (χ3v) is 5.26. The summed E-state index contributed by atoms with van der Waals surface area (Å²) in [6, 6.07) is 5.35. The number of carbonyl (C=O) groups excluding carboxylic acids is 1. The Kier molecular flexibility index (Phi) is 5.19. The van der Waals surface area contributed by atoms with Crippen LogP contribution in [0, 0.1) is 5.41 Å². The van der Waals surface area contributed by atoms with Gasteiger partial charge in [-0.15, -0.1) is 0 Å². The predicted molar refractivity (Wildman–Crippen MR) is 93.0 cm³/mol. The van der Waals surface area contributed by atoms with Crippen molar-refractivity contribution < 1.29 is 22.7 Å². The first-order chi connectivity index (χ1) is 12.1. The van der Waals surface area contributed by atoms with Crippen LogP contribution in [0.3, 0.4) is 0 Å². The zero-order valence-corrected chi connectivity index (χ0v) is 15.2. The zero-order chi connectivity index (χ0) is 18.9. The van der Waals surface area contributed by atoms with Gasteiger partial charge in [-0.25, -0.2) is 0 Å². The fraction of sp³-hybridized carbons (Fsp3) is 0.632. The summed E-state index contributed by atoms with van der Waals surface area (Å²) in [6.45, 7) is 7.96. The molecule has 0 radical (unpaired) electrons. The molecular weight excluding hydrogens is 345 g/mol. The molecule has 0 bridgehead atoms. The highest BCUT2D eigenvalue weighted by Gasteiger charge is 2.41. The number of esters is 1. The molecule has 0 aliphatic carbocycles. The number of hydrogen-bond donors (Lipinski definition) is 0. The van der Waals surface area contributed by atoms with E-state index in [0.717, 1.165) is 63.4 Å². The van der Waals surface area contributed by atoms with E-state index in [1.54, 1.807) is 12.1 Å². The summed E-state index contributed by atoms with van der Waals surface area (Å²) in [4.78, 5) is 16.2. The number of hydrogen-bond acceptors (Lipinski definition) is 4. The van der Waals surface area contributed by atoms with E-state index in [-0.39, 0.29) is 17.5 Å². The van der Waals surface area contributed by atoms with Crippen LogP contribution < -0.4 is 4.90 Å². The molecule has 1 aromatic rings. The minimum Gasteiger partial charge on any atom is -0.462 e. The Hall–Kier alpha value is -1.76. The molecule has 2 aliphatic rings. The number of piperazine rings is 1. The van der Waals surface area contributed by atoms with Gasteiger partial charge in [0.05, 0.1) is 11.0 Å². The first-order valence-electron chi connectivity index (χ1n) is 9.01. The first-order valence-corrected chi connectivity index (χ1v) is 9.01. The number of halogens is 3. The van der Waals surface area contributed by atoms with E-state index in [1.165, 1.54) is 0 Å². The lowest BCUT2D eigenvalue weighted by Gasteiger charge is -2.36. The molecule has 0 N–H and O–H groups in total. The van der Waals surface area contributed by atoms with E-state index in [1.807, 2.05) is 13.8 Å². The summed E-state index contributed by atoms with van der Waals surface area (Å²) in [5.74, 6) is -0.116. The maximum atomic E-state index is 12.6. The molecule has 1 atom stereocenters. The Balaban J connectivity index is 1.45. The Morgan fingerprint density at radius 2 is 1.73 bits per heavy atom. The van der Waals surface area contributed by atoms with E-state index in [2.05, 4.69) is 9.80 Å². The Morgan fingerprint density at radius 3 is 2.23 bits per heavy atom. The summed E-state index contributed by atoms with van der Waals surface area (Å²) in [5, 5.41) is 0. The van der Waals surface area contributed by atoms with Crippen molar-refractivity contribution in [1.29, 1.82) is 0 Å². The minimum atomic E-state index is -4.30. The van der Waals surface area contributed by atoms with Crippen LogP contribution in [0.5, 0.6) is 0 Å². The van der Waals surface area contributed by atoms with Gasteiger partial charge in [-0.2, -0.15) is 13.2 Å². The SMILES string of the molecule is CC1(C)CC(CCN2CCN(c3ccc(C(F)(F)F)cc3)CC2)OC1=O. The molecule has 2 aliphatic heterocycles. The minimum absolute atomic E-state index is 0.00885. The molecule has 1 aromatic carbocycles. The number of ether oxygens (including phenoxy) is 1. The van der Waals surface area contributed by atoms with Crippen molar-refractivity contribution in [3.05, 3.63) is 29.8 Å². The number of carbonyl (C=O) groups is 1. The molecule has 0 amide bonds. The second-order valence-corrected chi connectivity index (χ2v) is 7.78. The van der Waals surface area contributed by atoms with Crippen molar-refractivity contribution in [2.24, 2.45) is 5.41 Å². The van der Waals surface area contributed by atoms with E-state index in [4.69, 9.17) is 4.74 Å². The summed E-state index contributed by atoms with van der Waals surface area (Å²) >= 11 is 0. The van der Waals surface area contributed by atoms with E-state index < -0.39 is 11.7 Å². The smallest absolute Gasteiger partial charge is 0.416 e. The Labute approximate surface area is 151 Å². The van der Waals surface area contributed by atoms with E-state index >= 15 is 0 Å². The van der Waals surface area contributed by atoms with Gasteiger partial charge in [0.1, 0.15) is 6.10 Å². The second-order valence-electron chi connectivity index (χ2n) is 7.78. The van der Waals surface area contributed by atoms with Crippen LogP contribution in [0.2, 0.25) is 0 Å². The van der Waals surface area contributed by atoms with Gasteiger partial charge in [0.2, 0.25) is 0 Å². The van der Waals surface area contributed by atoms with Gasteiger partial charge in [-0.05, 0) is 51.0 Å². The lowest BCUT2D eigenvalue weighted by molar-refractivity contribution is -0.147. The molecule has 0 spiro atoms. The van der Waals surface area contributed by atoms with Crippen molar-refractivity contribution in [2.75, 3.05) is 37.6 Å². The Morgan fingerprint density at radius 1 is 1.12 bits per heavy atom. The second kappa shape index (κ2) is 7.10. The molecule has 3 rings (SSSR count). The molecule has 7 heteroatoms. The third kappa shape index (κ3) is 4.31. The van der Waals surface area contributed by atoms with Crippen molar-refractivity contribution in [1.82, 2.24) is 4.90 Å². The quantitative estimate of drug-likeness (QED) is 0.759. The summed E-state index contributed by atoms with van der Waals surface area (Å²) in [5.41, 5.74) is -0.176. The van der Waals surface area contributed by atoms with Crippen molar-refractivity contribution in [3.63, 3.8) is 0 Å². The summed E-state index contributed by atoms with van der Waals surface area (Å²) in [6.07, 6.45) is -2.71. The van der Waals surface area contributed by atoms with Crippen LogP contribution in [0.15, 0.2) is 24.3 Å². The van der Waals surface area contributed by atoms with Gasteiger partial charge < -0.3 is 9.64 Å².